The standard InChI is InChI=1S/C30H59N3O/c1-28(2,3)21-17-13-9-7-11-15-19-23-30(31)24-25-32-27(33-30)34-26-20-16-12-8-10-14-18-22-29(4,5)6/h24-25H,7-23,26,31H2,1-6H3,(H,32,33). The molecule has 1 unspecified atom stereocenters. The van der Waals surface area contributed by atoms with Gasteiger partial charge in [0.05, 0.1) is 6.61 Å². The third-order valence-electron chi connectivity index (χ3n) is 6.70. The Morgan fingerprint density at radius 2 is 1.15 bits per heavy atom. The first kappa shape index (κ1) is 31.0. The van der Waals surface area contributed by atoms with Crippen molar-refractivity contribution in [3.8, 4) is 0 Å². The van der Waals surface area contributed by atoms with Gasteiger partial charge in [0.25, 0.3) is 6.02 Å². The van der Waals surface area contributed by atoms with Crippen molar-refractivity contribution >= 4 is 6.02 Å². The molecule has 200 valence electrons. The molecule has 0 aliphatic carbocycles. The molecule has 0 bridgehead atoms. The monoisotopic (exact) mass is 477 g/mol. The van der Waals surface area contributed by atoms with Gasteiger partial charge >= 0.3 is 0 Å². The molecular weight excluding hydrogens is 418 g/mol. The van der Waals surface area contributed by atoms with E-state index >= 15 is 0 Å². The Hall–Kier alpha value is -1.03. The summed E-state index contributed by atoms with van der Waals surface area (Å²) >= 11 is 0. The van der Waals surface area contributed by atoms with E-state index in [4.69, 9.17) is 10.5 Å². The van der Waals surface area contributed by atoms with Crippen LogP contribution in [0.1, 0.15) is 151 Å². The predicted molar refractivity (Wildman–Crippen MR) is 150 cm³/mol. The highest BCUT2D eigenvalue weighted by molar-refractivity contribution is 5.76. The zero-order valence-corrected chi connectivity index (χ0v) is 23.8. The van der Waals surface area contributed by atoms with Gasteiger partial charge in [-0.15, -0.1) is 0 Å². The second-order valence-corrected chi connectivity index (χ2v) is 13.1. The van der Waals surface area contributed by atoms with Crippen LogP contribution in [0.3, 0.4) is 0 Å². The fourth-order valence-electron chi connectivity index (χ4n) is 4.49. The topological polar surface area (TPSA) is 59.6 Å². The lowest BCUT2D eigenvalue weighted by molar-refractivity contribution is 0.272. The molecule has 0 radical (unpaired) electrons. The molecule has 1 aliphatic rings. The molecule has 1 heterocycles. The highest BCUT2D eigenvalue weighted by atomic mass is 16.5. The number of hydrogen-bond donors (Lipinski definition) is 2. The maximum absolute atomic E-state index is 6.51. The molecule has 0 aromatic rings. The van der Waals surface area contributed by atoms with Crippen molar-refractivity contribution in [2.75, 3.05) is 6.61 Å². The van der Waals surface area contributed by atoms with Crippen LogP contribution in [0, 0.1) is 10.8 Å². The summed E-state index contributed by atoms with van der Waals surface area (Å²) in [7, 11) is 0. The molecule has 3 N–H and O–H groups in total. The Morgan fingerprint density at radius 1 is 0.706 bits per heavy atom. The first-order valence-corrected chi connectivity index (χ1v) is 14.5. The van der Waals surface area contributed by atoms with Gasteiger partial charge in [-0.1, -0.05) is 119 Å². The number of aliphatic imine (C=N–C) groups is 1. The Bertz CT molecular complexity index is 571. The Labute approximate surface area is 213 Å². The molecule has 34 heavy (non-hydrogen) atoms. The number of nitrogens with one attached hydrogen (secondary N) is 1. The van der Waals surface area contributed by atoms with E-state index in [1.807, 2.05) is 12.3 Å². The van der Waals surface area contributed by atoms with E-state index in [-0.39, 0.29) is 0 Å². The second kappa shape index (κ2) is 16.6. The molecule has 0 aromatic heterocycles. The van der Waals surface area contributed by atoms with Gasteiger partial charge in [-0.3, -0.25) is 0 Å². The summed E-state index contributed by atoms with van der Waals surface area (Å²) in [5.41, 5.74) is 6.86. The van der Waals surface area contributed by atoms with Gasteiger partial charge in [-0.2, -0.15) is 0 Å². The predicted octanol–water partition coefficient (Wildman–Crippen LogP) is 8.85. The maximum Gasteiger partial charge on any atom is 0.290 e. The van der Waals surface area contributed by atoms with Crippen molar-refractivity contribution in [1.29, 1.82) is 0 Å². The fraction of sp³-hybridized carbons (Fsp3) is 0.900. The van der Waals surface area contributed by atoms with Crippen LogP contribution in [0.4, 0.5) is 0 Å². The summed E-state index contributed by atoms with van der Waals surface area (Å²) in [5, 5.41) is 3.12. The molecular formula is C30H59N3O. The summed E-state index contributed by atoms with van der Waals surface area (Å²) < 4.78 is 5.87. The molecule has 0 aromatic carbocycles. The van der Waals surface area contributed by atoms with Crippen molar-refractivity contribution in [3.63, 3.8) is 0 Å². The Morgan fingerprint density at radius 3 is 1.65 bits per heavy atom. The number of nitrogens with zero attached hydrogens (tertiary/aromatic N) is 1. The normalized spacial score (nSPS) is 18.6. The number of unbranched alkanes of at least 4 members (excludes halogenated alkanes) is 12. The van der Waals surface area contributed by atoms with E-state index in [1.165, 1.54) is 89.9 Å². The zero-order valence-electron chi connectivity index (χ0n) is 23.8. The molecule has 0 spiro atoms. The van der Waals surface area contributed by atoms with E-state index < -0.39 is 5.66 Å². The summed E-state index contributed by atoms with van der Waals surface area (Å²) in [4.78, 5) is 4.66. The molecule has 0 fully saturated rings. The van der Waals surface area contributed by atoms with Gasteiger partial charge in [0, 0.05) is 6.20 Å². The highest BCUT2D eigenvalue weighted by Crippen LogP contribution is 2.24. The van der Waals surface area contributed by atoms with Crippen LogP contribution in [-0.4, -0.2) is 18.3 Å². The lowest BCUT2D eigenvalue weighted by Gasteiger charge is -2.26. The largest absolute Gasteiger partial charge is 0.465 e. The van der Waals surface area contributed by atoms with Crippen LogP contribution in [-0.2, 0) is 4.74 Å². The number of amidine groups is 1. The molecule has 4 nitrogen and oxygen atoms in total. The summed E-state index contributed by atoms with van der Waals surface area (Å²) in [6, 6.07) is 0.589. The summed E-state index contributed by atoms with van der Waals surface area (Å²) in [6.45, 7) is 14.7. The first-order valence-electron chi connectivity index (χ1n) is 14.5. The minimum atomic E-state index is -0.611. The van der Waals surface area contributed by atoms with Crippen LogP contribution in [0.5, 0.6) is 0 Å². The van der Waals surface area contributed by atoms with Gasteiger partial charge in [0.15, 0.2) is 0 Å². The molecule has 1 aliphatic heterocycles. The van der Waals surface area contributed by atoms with Crippen LogP contribution >= 0.6 is 0 Å². The van der Waals surface area contributed by atoms with E-state index in [9.17, 15) is 0 Å². The van der Waals surface area contributed by atoms with Gasteiger partial charge in [-0.25, -0.2) is 4.99 Å². The van der Waals surface area contributed by atoms with Crippen molar-refractivity contribution in [1.82, 2.24) is 5.32 Å². The summed E-state index contributed by atoms with van der Waals surface area (Å²) in [6.07, 6.45) is 25.6. The first-order chi connectivity index (χ1) is 16.0. The van der Waals surface area contributed by atoms with Crippen molar-refractivity contribution in [2.45, 2.75) is 156 Å². The molecule has 1 atom stereocenters. The number of nitrogens with two attached hydrogens (primary N) is 1. The lowest BCUT2D eigenvalue weighted by atomic mass is 9.89. The number of rotatable bonds is 18. The highest BCUT2D eigenvalue weighted by Gasteiger charge is 2.24. The Balaban J connectivity index is 2.04. The molecule has 4 heteroatoms. The van der Waals surface area contributed by atoms with Crippen molar-refractivity contribution in [3.05, 3.63) is 12.3 Å². The fourth-order valence-corrected chi connectivity index (χ4v) is 4.49. The van der Waals surface area contributed by atoms with Gasteiger partial charge in [-0.05, 0) is 49.0 Å². The van der Waals surface area contributed by atoms with Crippen LogP contribution in [0.2, 0.25) is 0 Å². The Kier molecular flexibility index (Phi) is 15.1. The molecule has 0 amide bonds. The second-order valence-electron chi connectivity index (χ2n) is 13.1. The van der Waals surface area contributed by atoms with Gasteiger partial charge in [0.1, 0.15) is 5.66 Å². The minimum Gasteiger partial charge on any atom is -0.465 e. The molecule has 1 rings (SSSR count). The van der Waals surface area contributed by atoms with Crippen molar-refractivity contribution < 1.29 is 4.74 Å². The molecule has 0 saturated carbocycles. The smallest absolute Gasteiger partial charge is 0.290 e. The average molecular weight is 478 g/mol. The van der Waals surface area contributed by atoms with Crippen LogP contribution in [0.15, 0.2) is 17.3 Å². The third kappa shape index (κ3) is 18.3. The quantitative estimate of drug-likeness (QED) is 0.194. The minimum absolute atomic E-state index is 0.479. The van der Waals surface area contributed by atoms with E-state index in [2.05, 4.69) is 51.9 Å². The zero-order chi connectivity index (χ0) is 25.3. The SMILES string of the molecule is CC(C)(C)CCCCCCCCCOC1=NC(N)(CCCCCCCCCC(C)(C)C)C=CN1. The van der Waals surface area contributed by atoms with Crippen LogP contribution in [0.25, 0.3) is 0 Å². The summed E-state index contributed by atoms with van der Waals surface area (Å²) in [5.74, 6) is 0. The van der Waals surface area contributed by atoms with Crippen molar-refractivity contribution in [2.24, 2.45) is 21.6 Å². The van der Waals surface area contributed by atoms with E-state index in [1.54, 1.807) is 0 Å². The van der Waals surface area contributed by atoms with Gasteiger partial charge < -0.3 is 15.8 Å². The third-order valence-corrected chi connectivity index (χ3v) is 6.70. The average Bonchev–Trinajstić information content (AvgIpc) is 2.72. The lowest BCUT2D eigenvalue weighted by Crippen LogP contribution is -2.42. The van der Waals surface area contributed by atoms with E-state index in [0.29, 0.717) is 16.9 Å². The van der Waals surface area contributed by atoms with Gasteiger partial charge in [0.2, 0.25) is 0 Å². The maximum atomic E-state index is 6.51. The number of ether oxygens (including phenoxy) is 1. The molecule has 0 saturated heterocycles. The van der Waals surface area contributed by atoms with Crippen LogP contribution < -0.4 is 11.1 Å². The van der Waals surface area contributed by atoms with E-state index in [0.717, 1.165) is 25.9 Å². The number of hydrogen-bond acceptors (Lipinski definition) is 4.